The van der Waals surface area contributed by atoms with Crippen molar-refractivity contribution in [2.24, 2.45) is 5.41 Å². The van der Waals surface area contributed by atoms with E-state index in [4.69, 9.17) is 0 Å². The minimum Gasteiger partial charge on any atom is -0.346 e. The Morgan fingerprint density at radius 1 is 1.14 bits per heavy atom. The molecule has 0 fully saturated rings. The van der Waals surface area contributed by atoms with E-state index in [9.17, 15) is 0 Å². The second-order valence-corrected chi connectivity index (χ2v) is 5.05. The van der Waals surface area contributed by atoms with E-state index < -0.39 is 0 Å². The summed E-state index contributed by atoms with van der Waals surface area (Å²) in [5, 5.41) is 0. The molecule has 14 heavy (non-hydrogen) atoms. The van der Waals surface area contributed by atoms with Crippen molar-refractivity contribution in [2.75, 3.05) is 0 Å². The molecule has 1 aromatic heterocycles. The average Bonchev–Trinajstić information content (AvgIpc) is 2.43. The summed E-state index contributed by atoms with van der Waals surface area (Å²) < 4.78 is 0. The number of aryl methyl sites for hydroxylation is 2. The summed E-state index contributed by atoms with van der Waals surface area (Å²) in [4.78, 5) is 8.06. The van der Waals surface area contributed by atoms with E-state index in [0.717, 1.165) is 25.1 Å². The van der Waals surface area contributed by atoms with Crippen LogP contribution in [0, 0.1) is 5.41 Å². The molecular weight excluding hydrogens is 172 g/mol. The Kier molecular flexibility index (Phi) is 3.35. The van der Waals surface area contributed by atoms with Gasteiger partial charge >= 0.3 is 0 Å². The van der Waals surface area contributed by atoms with Crippen molar-refractivity contribution in [2.45, 2.75) is 53.9 Å². The maximum Gasteiger partial charge on any atom is 0.107 e. The zero-order valence-electron chi connectivity index (χ0n) is 10.1. The van der Waals surface area contributed by atoms with Crippen LogP contribution in [0.25, 0.3) is 0 Å². The van der Waals surface area contributed by atoms with Crippen LogP contribution in [0.2, 0.25) is 0 Å². The number of hydrogen-bond acceptors (Lipinski definition) is 1. The molecule has 0 aliphatic carbocycles. The van der Waals surface area contributed by atoms with Gasteiger partial charge in [-0.1, -0.05) is 34.6 Å². The van der Waals surface area contributed by atoms with E-state index in [-0.39, 0.29) is 0 Å². The van der Waals surface area contributed by atoms with Crippen LogP contribution in [-0.4, -0.2) is 9.97 Å². The van der Waals surface area contributed by atoms with Gasteiger partial charge in [0.1, 0.15) is 5.82 Å². The number of hydrogen-bond donors (Lipinski definition) is 1. The molecule has 0 saturated heterocycles. The molecule has 0 aromatic carbocycles. The predicted molar refractivity (Wildman–Crippen MR) is 60.5 cm³/mol. The number of imidazole rings is 1. The molecule has 1 N–H and O–H groups in total. The fourth-order valence-electron chi connectivity index (χ4n) is 1.68. The molecule has 80 valence electrons. The normalized spacial score (nSPS) is 12.1. The first-order valence-corrected chi connectivity index (χ1v) is 5.53. The highest BCUT2D eigenvalue weighted by molar-refractivity contribution is 5.15. The third-order valence-corrected chi connectivity index (χ3v) is 2.30. The van der Waals surface area contributed by atoms with Crippen molar-refractivity contribution in [3.8, 4) is 0 Å². The SMILES string of the molecule is CCc1nc(CC(C)(C)C)[nH]c1CC. The van der Waals surface area contributed by atoms with Crippen LogP contribution in [-0.2, 0) is 19.3 Å². The lowest BCUT2D eigenvalue weighted by atomic mass is 9.92. The first kappa shape index (κ1) is 11.3. The highest BCUT2D eigenvalue weighted by atomic mass is 14.9. The number of nitrogens with zero attached hydrogens (tertiary/aromatic N) is 1. The van der Waals surface area contributed by atoms with E-state index in [1.807, 2.05) is 0 Å². The van der Waals surface area contributed by atoms with Crippen LogP contribution in [0.4, 0.5) is 0 Å². The fraction of sp³-hybridized carbons (Fsp3) is 0.750. The Morgan fingerprint density at radius 2 is 1.79 bits per heavy atom. The van der Waals surface area contributed by atoms with Crippen LogP contribution in [0.5, 0.6) is 0 Å². The van der Waals surface area contributed by atoms with E-state index >= 15 is 0 Å². The highest BCUT2D eigenvalue weighted by Gasteiger charge is 2.15. The van der Waals surface area contributed by atoms with Gasteiger partial charge in [0.05, 0.1) is 5.69 Å². The van der Waals surface area contributed by atoms with Gasteiger partial charge in [0.25, 0.3) is 0 Å². The zero-order chi connectivity index (χ0) is 10.8. The molecular formula is C12H22N2. The van der Waals surface area contributed by atoms with E-state index in [1.54, 1.807) is 0 Å². The standard InChI is InChI=1S/C12H22N2/c1-6-9-10(7-2)14-11(13-9)8-12(3,4)5/h6-8H2,1-5H3,(H,13,14). The fourth-order valence-corrected chi connectivity index (χ4v) is 1.68. The molecule has 1 heterocycles. The zero-order valence-corrected chi connectivity index (χ0v) is 10.1. The average molecular weight is 194 g/mol. The van der Waals surface area contributed by atoms with Crippen molar-refractivity contribution < 1.29 is 0 Å². The molecule has 2 nitrogen and oxygen atoms in total. The van der Waals surface area contributed by atoms with Crippen molar-refractivity contribution in [3.63, 3.8) is 0 Å². The van der Waals surface area contributed by atoms with E-state index in [0.29, 0.717) is 5.41 Å². The van der Waals surface area contributed by atoms with Crippen molar-refractivity contribution in [3.05, 3.63) is 17.2 Å². The summed E-state index contributed by atoms with van der Waals surface area (Å²) in [6.45, 7) is 11.1. The van der Waals surface area contributed by atoms with Crippen molar-refractivity contribution in [1.29, 1.82) is 0 Å². The third-order valence-electron chi connectivity index (χ3n) is 2.30. The van der Waals surface area contributed by atoms with Gasteiger partial charge in [0, 0.05) is 12.1 Å². The van der Waals surface area contributed by atoms with Gasteiger partial charge in [-0.2, -0.15) is 0 Å². The molecule has 0 aliphatic rings. The summed E-state index contributed by atoms with van der Waals surface area (Å²) in [6, 6.07) is 0. The lowest BCUT2D eigenvalue weighted by Gasteiger charge is -2.15. The van der Waals surface area contributed by atoms with Crippen LogP contribution in [0.15, 0.2) is 0 Å². The quantitative estimate of drug-likeness (QED) is 0.787. The summed E-state index contributed by atoms with van der Waals surface area (Å²) in [7, 11) is 0. The molecule has 0 spiro atoms. The first-order chi connectivity index (χ1) is 6.46. The smallest absolute Gasteiger partial charge is 0.107 e. The summed E-state index contributed by atoms with van der Waals surface area (Å²) in [5.74, 6) is 1.14. The molecule has 0 atom stereocenters. The Hall–Kier alpha value is -0.790. The topological polar surface area (TPSA) is 28.7 Å². The van der Waals surface area contributed by atoms with Crippen LogP contribution in [0.3, 0.4) is 0 Å². The number of rotatable bonds is 3. The minimum absolute atomic E-state index is 0.313. The summed E-state index contributed by atoms with van der Waals surface area (Å²) in [6.07, 6.45) is 3.12. The summed E-state index contributed by atoms with van der Waals surface area (Å²) >= 11 is 0. The maximum atomic E-state index is 4.63. The number of nitrogens with one attached hydrogen (secondary N) is 1. The number of aromatic nitrogens is 2. The predicted octanol–water partition coefficient (Wildman–Crippen LogP) is 3.12. The van der Waals surface area contributed by atoms with Crippen molar-refractivity contribution >= 4 is 0 Å². The minimum atomic E-state index is 0.313. The Bertz CT molecular complexity index is 270. The number of H-pyrrole nitrogens is 1. The van der Waals surface area contributed by atoms with E-state index in [1.165, 1.54) is 11.4 Å². The Labute approximate surface area is 87.1 Å². The van der Waals surface area contributed by atoms with Gasteiger partial charge in [-0.05, 0) is 18.3 Å². The molecule has 1 rings (SSSR count). The Balaban J connectivity index is 2.84. The van der Waals surface area contributed by atoms with Gasteiger partial charge in [0.2, 0.25) is 0 Å². The van der Waals surface area contributed by atoms with Gasteiger partial charge in [-0.15, -0.1) is 0 Å². The number of aromatic amines is 1. The van der Waals surface area contributed by atoms with Gasteiger partial charge in [-0.3, -0.25) is 0 Å². The Morgan fingerprint density at radius 3 is 2.14 bits per heavy atom. The lowest BCUT2D eigenvalue weighted by molar-refractivity contribution is 0.402. The highest BCUT2D eigenvalue weighted by Crippen LogP contribution is 2.20. The molecule has 0 amide bonds. The molecule has 0 radical (unpaired) electrons. The van der Waals surface area contributed by atoms with Crippen LogP contribution < -0.4 is 0 Å². The molecule has 0 saturated carbocycles. The second kappa shape index (κ2) is 4.16. The molecule has 0 aliphatic heterocycles. The molecule has 2 heteroatoms. The largest absolute Gasteiger partial charge is 0.346 e. The van der Waals surface area contributed by atoms with Gasteiger partial charge < -0.3 is 4.98 Å². The molecule has 0 unspecified atom stereocenters. The maximum absolute atomic E-state index is 4.63. The second-order valence-electron chi connectivity index (χ2n) is 5.05. The first-order valence-electron chi connectivity index (χ1n) is 5.53. The summed E-state index contributed by atoms with van der Waals surface area (Å²) in [5.41, 5.74) is 2.87. The van der Waals surface area contributed by atoms with E-state index in [2.05, 4.69) is 44.6 Å². The van der Waals surface area contributed by atoms with Crippen LogP contribution >= 0.6 is 0 Å². The monoisotopic (exact) mass is 194 g/mol. The van der Waals surface area contributed by atoms with Gasteiger partial charge in [0.15, 0.2) is 0 Å². The van der Waals surface area contributed by atoms with Crippen LogP contribution in [0.1, 0.15) is 51.8 Å². The molecule has 0 bridgehead atoms. The molecule has 1 aromatic rings. The van der Waals surface area contributed by atoms with Crippen molar-refractivity contribution in [1.82, 2.24) is 9.97 Å². The van der Waals surface area contributed by atoms with Gasteiger partial charge in [-0.25, -0.2) is 4.98 Å². The lowest BCUT2D eigenvalue weighted by Crippen LogP contribution is -2.10. The third kappa shape index (κ3) is 2.86.